The van der Waals surface area contributed by atoms with E-state index >= 15 is 0 Å². The van der Waals surface area contributed by atoms with Gasteiger partial charge in [0.2, 0.25) is 0 Å². The smallest absolute Gasteiger partial charge is 0.155 e. The predicted octanol–water partition coefficient (Wildman–Crippen LogP) is 1.22. The van der Waals surface area contributed by atoms with Crippen molar-refractivity contribution in [3.8, 4) is 0 Å². The predicted molar refractivity (Wildman–Crippen MR) is 74.9 cm³/mol. The van der Waals surface area contributed by atoms with E-state index in [0.29, 0.717) is 6.54 Å². The first-order valence-corrected chi connectivity index (χ1v) is 7.12. The zero-order chi connectivity index (χ0) is 13.1. The van der Waals surface area contributed by atoms with Crippen molar-refractivity contribution in [2.75, 3.05) is 19.6 Å². The number of pyridine rings is 1. The topological polar surface area (TPSA) is 59.5 Å². The minimum absolute atomic E-state index is 0.541. The van der Waals surface area contributed by atoms with Gasteiger partial charge in [-0.2, -0.15) is 5.10 Å². The van der Waals surface area contributed by atoms with Gasteiger partial charge in [0, 0.05) is 25.7 Å². The standard InChI is InChI=1S/C14H21N5/c15-10-12-4-5-14-16-13(17-19(14)11-12)6-9-18-7-2-1-3-8-18/h4-5,11H,1-3,6-10,15H2. The van der Waals surface area contributed by atoms with E-state index < -0.39 is 0 Å². The lowest BCUT2D eigenvalue weighted by Gasteiger charge is -2.25. The van der Waals surface area contributed by atoms with E-state index in [1.165, 1.54) is 32.4 Å². The summed E-state index contributed by atoms with van der Waals surface area (Å²) in [5.74, 6) is 0.930. The van der Waals surface area contributed by atoms with E-state index in [0.717, 1.165) is 30.0 Å². The molecule has 5 heteroatoms. The molecular weight excluding hydrogens is 238 g/mol. The van der Waals surface area contributed by atoms with E-state index in [2.05, 4.69) is 15.0 Å². The average molecular weight is 259 g/mol. The Bertz CT molecular complexity index is 542. The summed E-state index contributed by atoms with van der Waals surface area (Å²) >= 11 is 0. The van der Waals surface area contributed by atoms with Crippen molar-refractivity contribution in [2.45, 2.75) is 32.2 Å². The van der Waals surface area contributed by atoms with Crippen molar-refractivity contribution < 1.29 is 0 Å². The van der Waals surface area contributed by atoms with Gasteiger partial charge in [-0.1, -0.05) is 12.5 Å². The number of nitrogens with zero attached hydrogens (tertiary/aromatic N) is 4. The van der Waals surface area contributed by atoms with Crippen LogP contribution in [0.15, 0.2) is 18.3 Å². The molecule has 3 rings (SSSR count). The Balaban J connectivity index is 1.67. The number of fused-ring (bicyclic) bond motifs is 1. The summed E-state index contributed by atoms with van der Waals surface area (Å²) < 4.78 is 1.84. The summed E-state index contributed by atoms with van der Waals surface area (Å²) in [7, 11) is 0. The molecular formula is C14H21N5. The highest BCUT2D eigenvalue weighted by Crippen LogP contribution is 2.10. The third-order valence-electron chi connectivity index (χ3n) is 3.77. The molecule has 2 N–H and O–H groups in total. The molecule has 0 bridgehead atoms. The number of piperidine rings is 1. The monoisotopic (exact) mass is 259 g/mol. The molecule has 0 saturated carbocycles. The van der Waals surface area contributed by atoms with Gasteiger partial charge in [0.25, 0.3) is 0 Å². The van der Waals surface area contributed by atoms with Gasteiger partial charge in [0.1, 0.15) is 0 Å². The van der Waals surface area contributed by atoms with Gasteiger partial charge in [-0.25, -0.2) is 9.50 Å². The first-order chi connectivity index (χ1) is 9.35. The third kappa shape index (κ3) is 2.93. The van der Waals surface area contributed by atoms with E-state index in [-0.39, 0.29) is 0 Å². The maximum Gasteiger partial charge on any atom is 0.155 e. The number of hydrogen-bond donors (Lipinski definition) is 1. The highest BCUT2D eigenvalue weighted by Gasteiger charge is 2.11. The van der Waals surface area contributed by atoms with Gasteiger partial charge in [-0.05, 0) is 37.6 Å². The molecule has 1 fully saturated rings. The molecule has 0 spiro atoms. The minimum Gasteiger partial charge on any atom is -0.326 e. The number of nitrogens with two attached hydrogens (primary N) is 1. The van der Waals surface area contributed by atoms with E-state index in [4.69, 9.17) is 5.73 Å². The van der Waals surface area contributed by atoms with Crippen molar-refractivity contribution in [3.05, 3.63) is 29.7 Å². The van der Waals surface area contributed by atoms with Crippen molar-refractivity contribution in [2.24, 2.45) is 5.73 Å². The number of hydrogen-bond acceptors (Lipinski definition) is 4. The van der Waals surface area contributed by atoms with Gasteiger partial charge in [0.15, 0.2) is 11.5 Å². The van der Waals surface area contributed by atoms with Crippen LogP contribution in [0, 0.1) is 0 Å². The molecule has 0 aliphatic carbocycles. The molecule has 1 saturated heterocycles. The summed E-state index contributed by atoms with van der Waals surface area (Å²) in [4.78, 5) is 7.07. The van der Waals surface area contributed by atoms with Crippen LogP contribution in [0.3, 0.4) is 0 Å². The Morgan fingerprint density at radius 3 is 2.79 bits per heavy atom. The van der Waals surface area contributed by atoms with Crippen molar-refractivity contribution in [1.82, 2.24) is 19.5 Å². The molecule has 19 heavy (non-hydrogen) atoms. The maximum atomic E-state index is 5.64. The Kier molecular flexibility index (Phi) is 3.75. The summed E-state index contributed by atoms with van der Waals surface area (Å²) in [6, 6.07) is 4.00. The lowest BCUT2D eigenvalue weighted by atomic mass is 10.1. The minimum atomic E-state index is 0.541. The lowest BCUT2D eigenvalue weighted by molar-refractivity contribution is 0.230. The molecule has 0 aromatic carbocycles. The SMILES string of the molecule is NCc1ccc2nc(CCN3CCCCC3)nn2c1. The van der Waals surface area contributed by atoms with Crippen LogP contribution < -0.4 is 5.73 Å². The Morgan fingerprint density at radius 1 is 1.16 bits per heavy atom. The highest BCUT2D eigenvalue weighted by molar-refractivity contribution is 5.38. The second kappa shape index (κ2) is 5.67. The van der Waals surface area contributed by atoms with Crippen LogP contribution in [0.4, 0.5) is 0 Å². The van der Waals surface area contributed by atoms with Crippen LogP contribution in [0.1, 0.15) is 30.7 Å². The summed E-state index contributed by atoms with van der Waals surface area (Å²) in [6.45, 7) is 4.06. The normalized spacial score (nSPS) is 17.1. The first kappa shape index (κ1) is 12.6. The fourth-order valence-electron chi connectivity index (χ4n) is 2.64. The molecule has 0 unspecified atom stereocenters. The first-order valence-electron chi connectivity index (χ1n) is 7.12. The lowest BCUT2D eigenvalue weighted by Crippen LogP contribution is -2.31. The zero-order valence-corrected chi connectivity index (χ0v) is 11.3. The number of aromatic nitrogens is 3. The second-order valence-corrected chi connectivity index (χ2v) is 5.22. The molecule has 2 aromatic rings. The van der Waals surface area contributed by atoms with Crippen molar-refractivity contribution in [3.63, 3.8) is 0 Å². The number of rotatable bonds is 4. The molecule has 0 amide bonds. The molecule has 1 aliphatic heterocycles. The van der Waals surface area contributed by atoms with Gasteiger partial charge in [-0.3, -0.25) is 0 Å². The molecule has 102 valence electrons. The summed E-state index contributed by atoms with van der Waals surface area (Å²) in [6.07, 6.45) is 6.94. The van der Waals surface area contributed by atoms with Gasteiger partial charge in [0.05, 0.1) is 0 Å². The van der Waals surface area contributed by atoms with Crippen LogP contribution in [0.5, 0.6) is 0 Å². The fourth-order valence-corrected chi connectivity index (χ4v) is 2.64. The van der Waals surface area contributed by atoms with Crippen LogP contribution in [0.25, 0.3) is 5.65 Å². The van der Waals surface area contributed by atoms with Crippen LogP contribution in [0.2, 0.25) is 0 Å². The van der Waals surface area contributed by atoms with Gasteiger partial charge >= 0.3 is 0 Å². The zero-order valence-electron chi connectivity index (χ0n) is 11.3. The molecule has 2 aromatic heterocycles. The largest absolute Gasteiger partial charge is 0.326 e. The van der Waals surface area contributed by atoms with Gasteiger partial charge < -0.3 is 10.6 Å². The van der Waals surface area contributed by atoms with E-state index in [1.807, 2.05) is 22.8 Å². The molecule has 3 heterocycles. The summed E-state index contributed by atoms with van der Waals surface area (Å²) in [5.41, 5.74) is 7.63. The van der Waals surface area contributed by atoms with Crippen molar-refractivity contribution >= 4 is 5.65 Å². The van der Waals surface area contributed by atoms with E-state index in [9.17, 15) is 0 Å². The molecule has 1 aliphatic rings. The van der Waals surface area contributed by atoms with Crippen LogP contribution in [-0.4, -0.2) is 39.1 Å². The Morgan fingerprint density at radius 2 is 2.00 bits per heavy atom. The Labute approximate surface area is 113 Å². The Hall–Kier alpha value is -1.46. The van der Waals surface area contributed by atoms with Crippen LogP contribution in [-0.2, 0) is 13.0 Å². The molecule has 0 radical (unpaired) electrons. The van der Waals surface area contributed by atoms with E-state index in [1.54, 1.807) is 0 Å². The summed E-state index contributed by atoms with van der Waals surface area (Å²) in [5, 5.41) is 4.53. The molecule has 5 nitrogen and oxygen atoms in total. The fraction of sp³-hybridized carbons (Fsp3) is 0.571. The van der Waals surface area contributed by atoms with Crippen molar-refractivity contribution in [1.29, 1.82) is 0 Å². The van der Waals surface area contributed by atoms with Crippen LogP contribution >= 0.6 is 0 Å². The molecule has 0 atom stereocenters. The maximum absolute atomic E-state index is 5.64. The quantitative estimate of drug-likeness (QED) is 0.897. The highest BCUT2D eigenvalue weighted by atomic mass is 15.3. The third-order valence-corrected chi connectivity index (χ3v) is 3.77. The van der Waals surface area contributed by atoms with Gasteiger partial charge in [-0.15, -0.1) is 0 Å². The second-order valence-electron chi connectivity index (χ2n) is 5.22. The average Bonchev–Trinajstić information content (AvgIpc) is 2.88. The number of likely N-dealkylation sites (tertiary alicyclic amines) is 1.